The van der Waals surface area contributed by atoms with Crippen molar-refractivity contribution in [2.24, 2.45) is 0 Å². The van der Waals surface area contributed by atoms with Crippen molar-refractivity contribution >= 4 is 27.7 Å². The van der Waals surface area contributed by atoms with E-state index in [-0.39, 0.29) is 24.3 Å². The first-order valence-electron chi connectivity index (χ1n) is 9.09. The average Bonchev–Trinajstić information content (AvgIpc) is 2.67. The minimum Gasteiger partial charge on any atom is -0.497 e. The van der Waals surface area contributed by atoms with Crippen molar-refractivity contribution in [1.29, 1.82) is 0 Å². The number of hydrogen-bond donors (Lipinski definition) is 2. The van der Waals surface area contributed by atoms with Crippen LogP contribution >= 0.6 is 15.9 Å². The predicted molar refractivity (Wildman–Crippen MR) is 109 cm³/mol. The first kappa shape index (κ1) is 20.2. The molecule has 0 aromatic heterocycles. The van der Waals surface area contributed by atoms with Crippen molar-refractivity contribution in [3.63, 3.8) is 0 Å². The highest BCUT2D eigenvalue weighted by Gasteiger charge is 2.25. The third-order valence-electron chi connectivity index (χ3n) is 4.63. The van der Waals surface area contributed by atoms with E-state index < -0.39 is 6.04 Å². The van der Waals surface area contributed by atoms with Crippen LogP contribution in [0.3, 0.4) is 0 Å². The van der Waals surface area contributed by atoms with E-state index in [1.54, 1.807) is 7.11 Å². The van der Waals surface area contributed by atoms with Crippen LogP contribution in [-0.4, -0.2) is 25.5 Å². The van der Waals surface area contributed by atoms with E-state index in [2.05, 4.69) is 26.6 Å². The minimum absolute atomic E-state index is 0.123. The molecule has 3 rings (SSSR count). The maximum Gasteiger partial charge on any atom is 0.222 e. The van der Waals surface area contributed by atoms with E-state index in [9.17, 15) is 9.59 Å². The van der Waals surface area contributed by atoms with Crippen LogP contribution in [0.1, 0.15) is 43.0 Å². The molecule has 6 nitrogen and oxygen atoms in total. The Hall–Kier alpha value is -2.54. The Morgan fingerprint density at radius 3 is 2.68 bits per heavy atom. The molecule has 1 aliphatic rings. The van der Waals surface area contributed by atoms with Crippen molar-refractivity contribution in [3.05, 3.63) is 58.1 Å². The number of ether oxygens (including phenoxy) is 2. The van der Waals surface area contributed by atoms with Crippen molar-refractivity contribution in [2.45, 2.75) is 31.8 Å². The van der Waals surface area contributed by atoms with Crippen LogP contribution in [0.5, 0.6) is 11.5 Å². The van der Waals surface area contributed by atoms with Crippen LogP contribution in [0, 0.1) is 0 Å². The average molecular weight is 447 g/mol. The smallest absolute Gasteiger partial charge is 0.222 e. The molecule has 2 amide bonds. The molecule has 0 bridgehead atoms. The number of carbonyl (C=O) groups is 2. The zero-order chi connectivity index (χ0) is 20.1. The van der Waals surface area contributed by atoms with E-state index in [1.165, 1.54) is 6.92 Å². The van der Waals surface area contributed by atoms with Crippen molar-refractivity contribution in [1.82, 2.24) is 10.6 Å². The Morgan fingerprint density at radius 2 is 2.00 bits per heavy atom. The third-order valence-corrected chi connectivity index (χ3v) is 5.12. The highest BCUT2D eigenvalue weighted by atomic mass is 79.9. The summed E-state index contributed by atoms with van der Waals surface area (Å²) in [5.41, 5.74) is 1.80. The van der Waals surface area contributed by atoms with Gasteiger partial charge in [0.25, 0.3) is 0 Å². The maximum absolute atomic E-state index is 12.8. The fourth-order valence-corrected chi connectivity index (χ4v) is 3.67. The Kier molecular flexibility index (Phi) is 6.57. The molecule has 0 saturated heterocycles. The summed E-state index contributed by atoms with van der Waals surface area (Å²) in [6, 6.07) is 12.6. The molecule has 2 N–H and O–H groups in total. The van der Waals surface area contributed by atoms with Crippen molar-refractivity contribution < 1.29 is 19.1 Å². The van der Waals surface area contributed by atoms with Gasteiger partial charge in [-0.05, 0) is 35.9 Å². The van der Waals surface area contributed by atoms with Gasteiger partial charge in [0.15, 0.2) is 0 Å². The molecular formula is C21H23BrN2O4. The number of rotatable bonds is 6. The molecule has 28 heavy (non-hydrogen) atoms. The van der Waals surface area contributed by atoms with Gasteiger partial charge in [-0.3, -0.25) is 9.59 Å². The van der Waals surface area contributed by atoms with E-state index in [1.807, 2.05) is 42.5 Å². The van der Waals surface area contributed by atoms with Gasteiger partial charge in [0.05, 0.1) is 32.2 Å². The number of carbonyl (C=O) groups excluding carboxylic acids is 2. The van der Waals surface area contributed by atoms with Crippen molar-refractivity contribution in [3.8, 4) is 11.5 Å². The molecule has 1 heterocycles. The highest BCUT2D eigenvalue weighted by Crippen LogP contribution is 2.34. The standard InChI is InChI=1S/C21H23BrN2O4/c1-13(25)23-19(14-3-6-16(27-2)7-4-14)12-21(26)24-18-9-10-28-20-8-5-15(22)11-17(18)20/h3-8,11,18-19H,9-10,12H2,1-2H3,(H,23,25)(H,24,26). The first-order chi connectivity index (χ1) is 13.5. The summed E-state index contributed by atoms with van der Waals surface area (Å²) >= 11 is 3.47. The van der Waals surface area contributed by atoms with E-state index >= 15 is 0 Å². The lowest BCUT2D eigenvalue weighted by atomic mass is 9.99. The van der Waals surface area contributed by atoms with Gasteiger partial charge in [-0.2, -0.15) is 0 Å². The summed E-state index contributed by atoms with van der Waals surface area (Å²) in [7, 11) is 1.60. The lowest BCUT2D eigenvalue weighted by Crippen LogP contribution is -2.36. The topological polar surface area (TPSA) is 76.7 Å². The normalized spacial score (nSPS) is 16.3. The third kappa shape index (κ3) is 5.04. The van der Waals surface area contributed by atoms with Crippen LogP contribution in [-0.2, 0) is 9.59 Å². The number of methoxy groups -OCH3 is 1. The Morgan fingerprint density at radius 1 is 1.25 bits per heavy atom. The molecule has 2 aromatic carbocycles. The molecular weight excluding hydrogens is 424 g/mol. The SMILES string of the molecule is COc1ccc(C(CC(=O)NC2CCOc3ccc(Br)cc32)NC(C)=O)cc1. The molecule has 0 fully saturated rings. The highest BCUT2D eigenvalue weighted by molar-refractivity contribution is 9.10. The molecule has 0 spiro atoms. The molecule has 148 valence electrons. The molecule has 2 atom stereocenters. The van der Waals surface area contributed by atoms with Gasteiger partial charge in [0.1, 0.15) is 11.5 Å². The lowest BCUT2D eigenvalue weighted by Gasteiger charge is -2.28. The maximum atomic E-state index is 12.8. The van der Waals surface area contributed by atoms with Gasteiger partial charge in [-0.25, -0.2) is 0 Å². The summed E-state index contributed by atoms with van der Waals surface area (Å²) in [5, 5.41) is 5.94. The van der Waals surface area contributed by atoms with Gasteiger partial charge in [-0.15, -0.1) is 0 Å². The molecule has 0 saturated carbocycles. The van der Waals surface area contributed by atoms with Crippen LogP contribution in [0.25, 0.3) is 0 Å². The van der Waals surface area contributed by atoms with Gasteiger partial charge in [0.2, 0.25) is 11.8 Å². The number of nitrogens with one attached hydrogen (secondary N) is 2. The molecule has 7 heteroatoms. The summed E-state index contributed by atoms with van der Waals surface area (Å²) in [6.45, 7) is 1.99. The van der Waals surface area contributed by atoms with Gasteiger partial charge < -0.3 is 20.1 Å². The second-order valence-corrected chi connectivity index (χ2v) is 7.59. The van der Waals surface area contributed by atoms with Crippen LogP contribution < -0.4 is 20.1 Å². The summed E-state index contributed by atoms with van der Waals surface area (Å²) in [5.74, 6) is 1.19. The zero-order valence-corrected chi connectivity index (χ0v) is 17.4. The number of halogens is 1. The fraction of sp³-hybridized carbons (Fsp3) is 0.333. The monoisotopic (exact) mass is 446 g/mol. The molecule has 1 aliphatic heterocycles. The predicted octanol–water partition coefficient (Wildman–Crippen LogP) is 3.67. The molecule has 0 radical (unpaired) electrons. The Labute approximate surface area is 172 Å². The summed E-state index contributed by atoms with van der Waals surface area (Å²) in [4.78, 5) is 24.4. The summed E-state index contributed by atoms with van der Waals surface area (Å²) in [6.07, 6.45) is 0.842. The number of benzene rings is 2. The second kappa shape index (κ2) is 9.10. The molecule has 0 aliphatic carbocycles. The number of amides is 2. The van der Waals surface area contributed by atoms with Gasteiger partial charge in [-0.1, -0.05) is 28.1 Å². The molecule has 2 aromatic rings. The Balaban J connectivity index is 1.72. The first-order valence-corrected chi connectivity index (χ1v) is 9.88. The van der Waals surface area contributed by atoms with Crippen LogP contribution in [0.15, 0.2) is 46.9 Å². The number of hydrogen-bond acceptors (Lipinski definition) is 4. The van der Waals surface area contributed by atoms with E-state index in [0.717, 1.165) is 27.1 Å². The van der Waals surface area contributed by atoms with Gasteiger partial charge in [0, 0.05) is 23.4 Å². The van der Waals surface area contributed by atoms with Gasteiger partial charge >= 0.3 is 0 Å². The lowest BCUT2D eigenvalue weighted by molar-refractivity contribution is -0.123. The van der Waals surface area contributed by atoms with Crippen LogP contribution in [0.2, 0.25) is 0 Å². The van der Waals surface area contributed by atoms with E-state index in [0.29, 0.717) is 13.0 Å². The van der Waals surface area contributed by atoms with Crippen LogP contribution in [0.4, 0.5) is 0 Å². The minimum atomic E-state index is -0.412. The van der Waals surface area contributed by atoms with Crippen molar-refractivity contribution in [2.75, 3.05) is 13.7 Å². The largest absolute Gasteiger partial charge is 0.497 e. The second-order valence-electron chi connectivity index (χ2n) is 6.67. The quantitative estimate of drug-likeness (QED) is 0.709. The fourth-order valence-electron chi connectivity index (χ4n) is 3.29. The van der Waals surface area contributed by atoms with E-state index in [4.69, 9.17) is 9.47 Å². The summed E-state index contributed by atoms with van der Waals surface area (Å²) < 4.78 is 11.8. The molecule has 2 unspecified atom stereocenters. The zero-order valence-electron chi connectivity index (χ0n) is 15.8. The number of fused-ring (bicyclic) bond motifs is 1. The Bertz CT molecular complexity index is 854.